The van der Waals surface area contributed by atoms with E-state index in [1.54, 1.807) is 11.0 Å². The number of hydrogen-bond donors (Lipinski definition) is 1. The number of ether oxygens (including phenoxy) is 1. The molecule has 1 aliphatic heterocycles. The Morgan fingerprint density at radius 1 is 1.24 bits per heavy atom. The maximum absolute atomic E-state index is 13.7. The van der Waals surface area contributed by atoms with E-state index >= 15 is 0 Å². The first-order valence-electron chi connectivity index (χ1n) is 10.7. The van der Waals surface area contributed by atoms with Crippen LogP contribution in [0.15, 0.2) is 24.3 Å². The van der Waals surface area contributed by atoms with Crippen molar-refractivity contribution < 1.29 is 23.8 Å². The minimum Gasteiger partial charge on any atom is -0.469 e. The minimum atomic E-state index is -0.552. The summed E-state index contributed by atoms with van der Waals surface area (Å²) < 4.78 is 18.3. The molecule has 0 aromatic heterocycles. The van der Waals surface area contributed by atoms with Gasteiger partial charge in [0.05, 0.1) is 24.7 Å². The zero-order valence-electron chi connectivity index (χ0n) is 17.0. The number of methoxy groups -OCH3 is 1. The molecule has 1 amide bonds. The number of halogens is 1. The average molecular weight is 403 g/mol. The van der Waals surface area contributed by atoms with E-state index in [1.807, 2.05) is 6.07 Å². The molecule has 3 aliphatic carbocycles. The molecule has 1 heterocycles. The van der Waals surface area contributed by atoms with Gasteiger partial charge in [0.2, 0.25) is 5.91 Å². The van der Waals surface area contributed by atoms with Gasteiger partial charge >= 0.3 is 5.97 Å². The standard InChI is InChI=1S/C23H30FNO4/c1-29-20(27)8-3-2-4-9-22-13-23(14-22,15-22)21(28)25-12-18(26)11-19(25)16-6-5-7-17(24)10-16/h5-7,10,18-19,26H,2-4,8-9,11-15H2,1H3. The first-order chi connectivity index (χ1) is 13.9. The van der Waals surface area contributed by atoms with Gasteiger partial charge in [-0.3, -0.25) is 9.59 Å². The van der Waals surface area contributed by atoms with Crippen LogP contribution in [-0.4, -0.2) is 41.6 Å². The minimum absolute atomic E-state index is 0.135. The van der Waals surface area contributed by atoms with E-state index in [4.69, 9.17) is 0 Å². The summed E-state index contributed by atoms with van der Waals surface area (Å²) in [6.45, 7) is 0.336. The summed E-state index contributed by atoms with van der Waals surface area (Å²) in [7, 11) is 1.42. The molecule has 0 radical (unpaired) electrons. The number of esters is 1. The van der Waals surface area contributed by atoms with Gasteiger partial charge in [-0.1, -0.05) is 25.0 Å². The molecule has 1 aromatic carbocycles. The Hall–Kier alpha value is -1.95. The van der Waals surface area contributed by atoms with E-state index in [0.29, 0.717) is 24.8 Å². The number of rotatable bonds is 8. The van der Waals surface area contributed by atoms with E-state index in [1.165, 1.54) is 19.2 Å². The van der Waals surface area contributed by atoms with Crippen LogP contribution in [-0.2, 0) is 14.3 Å². The highest BCUT2D eigenvalue weighted by Crippen LogP contribution is 2.76. The topological polar surface area (TPSA) is 66.8 Å². The average Bonchev–Trinajstić information content (AvgIpc) is 3.03. The zero-order chi connectivity index (χ0) is 20.6. The molecule has 4 aliphatic rings. The fourth-order valence-electron chi connectivity index (χ4n) is 5.91. The number of carbonyl (C=O) groups is 2. The fraction of sp³-hybridized carbons (Fsp3) is 0.652. The van der Waals surface area contributed by atoms with Crippen molar-refractivity contribution in [1.29, 1.82) is 0 Å². The summed E-state index contributed by atoms with van der Waals surface area (Å²) in [6.07, 6.45) is 7.24. The maximum Gasteiger partial charge on any atom is 0.305 e. The highest BCUT2D eigenvalue weighted by Gasteiger charge is 2.71. The molecule has 0 spiro atoms. The molecule has 2 bridgehead atoms. The fourth-order valence-corrected chi connectivity index (χ4v) is 5.91. The van der Waals surface area contributed by atoms with Crippen molar-refractivity contribution in [2.45, 2.75) is 69.9 Å². The Morgan fingerprint density at radius 3 is 2.69 bits per heavy atom. The van der Waals surface area contributed by atoms with Crippen molar-refractivity contribution in [3.63, 3.8) is 0 Å². The van der Waals surface area contributed by atoms with Crippen LogP contribution >= 0.6 is 0 Å². The number of aliphatic hydroxyl groups is 1. The second kappa shape index (κ2) is 7.71. The number of nitrogens with zero attached hydrogens (tertiary/aromatic N) is 1. The molecule has 3 saturated carbocycles. The van der Waals surface area contributed by atoms with E-state index in [9.17, 15) is 19.1 Å². The highest BCUT2D eigenvalue weighted by atomic mass is 19.1. The predicted octanol–water partition coefficient (Wildman–Crippen LogP) is 3.75. The molecule has 2 atom stereocenters. The second-order valence-electron chi connectivity index (χ2n) is 9.37. The van der Waals surface area contributed by atoms with Crippen LogP contribution in [0.2, 0.25) is 0 Å². The van der Waals surface area contributed by atoms with E-state index < -0.39 is 6.10 Å². The number of carbonyl (C=O) groups excluding carboxylic acids is 2. The summed E-state index contributed by atoms with van der Waals surface area (Å²) in [5, 5.41) is 10.2. The first kappa shape index (κ1) is 20.3. The third-order valence-corrected chi connectivity index (χ3v) is 7.18. The molecule has 1 aromatic rings. The molecule has 5 nitrogen and oxygen atoms in total. The lowest BCUT2D eigenvalue weighted by molar-refractivity contribution is -0.220. The Morgan fingerprint density at radius 2 is 2.00 bits per heavy atom. The molecule has 6 heteroatoms. The van der Waals surface area contributed by atoms with Gasteiger partial charge < -0.3 is 14.7 Å². The number of hydrogen-bond acceptors (Lipinski definition) is 4. The van der Waals surface area contributed by atoms with Gasteiger partial charge in [-0.15, -0.1) is 0 Å². The molecular weight excluding hydrogens is 373 g/mol. The van der Waals surface area contributed by atoms with Crippen molar-refractivity contribution in [3.8, 4) is 0 Å². The smallest absolute Gasteiger partial charge is 0.305 e. The van der Waals surface area contributed by atoms with Crippen molar-refractivity contribution in [3.05, 3.63) is 35.6 Å². The summed E-state index contributed by atoms with van der Waals surface area (Å²) >= 11 is 0. The zero-order valence-corrected chi connectivity index (χ0v) is 17.0. The number of benzene rings is 1. The van der Waals surface area contributed by atoms with Crippen LogP contribution < -0.4 is 0 Å². The second-order valence-corrected chi connectivity index (χ2v) is 9.37. The Kier molecular flexibility index (Phi) is 5.40. The van der Waals surface area contributed by atoms with Crippen LogP contribution in [0.4, 0.5) is 4.39 Å². The van der Waals surface area contributed by atoms with Gasteiger partial charge in [-0.05, 0) is 61.6 Å². The van der Waals surface area contributed by atoms with Crippen molar-refractivity contribution in [2.24, 2.45) is 10.8 Å². The van der Waals surface area contributed by atoms with Crippen LogP contribution in [0.5, 0.6) is 0 Å². The van der Waals surface area contributed by atoms with Crippen LogP contribution in [0.25, 0.3) is 0 Å². The van der Waals surface area contributed by atoms with Crippen LogP contribution in [0.3, 0.4) is 0 Å². The molecule has 4 fully saturated rings. The number of β-amino-alcohol motifs (C(OH)–C–C–N with tert-alkyl or cyclic N) is 1. The van der Waals surface area contributed by atoms with Crippen molar-refractivity contribution in [1.82, 2.24) is 4.90 Å². The Labute approximate surface area is 171 Å². The summed E-state index contributed by atoms with van der Waals surface area (Å²) in [5.74, 6) is -0.329. The molecular formula is C23H30FNO4. The maximum atomic E-state index is 13.7. The summed E-state index contributed by atoms with van der Waals surface area (Å²) in [4.78, 5) is 26.2. The molecule has 1 saturated heterocycles. The summed E-state index contributed by atoms with van der Waals surface area (Å²) in [6, 6.07) is 6.13. The molecule has 158 valence electrons. The van der Waals surface area contributed by atoms with Gasteiger partial charge in [0.1, 0.15) is 5.82 Å². The third-order valence-electron chi connectivity index (χ3n) is 7.18. The number of likely N-dealkylation sites (tertiary alicyclic amines) is 1. The van der Waals surface area contributed by atoms with Crippen molar-refractivity contribution in [2.75, 3.05) is 13.7 Å². The Bertz CT molecular complexity index is 775. The quantitative estimate of drug-likeness (QED) is 0.530. The van der Waals surface area contributed by atoms with Gasteiger partial charge in [0.25, 0.3) is 0 Å². The lowest BCUT2D eigenvalue weighted by atomic mass is 9.33. The van der Waals surface area contributed by atoms with Gasteiger partial charge in [0.15, 0.2) is 0 Å². The molecule has 5 rings (SSSR count). The van der Waals surface area contributed by atoms with Gasteiger partial charge in [0, 0.05) is 13.0 Å². The van der Waals surface area contributed by atoms with Gasteiger partial charge in [-0.25, -0.2) is 4.39 Å². The lowest BCUT2D eigenvalue weighted by Gasteiger charge is -2.70. The number of unbranched alkanes of at least 4 members (excludes halogenated alkanes) is 2. The molecule has 1 N–H and O–H groups in total. The normalized spacial score (nSPS) is 32.4. The Balaban J connectivity index is 1.29. The van der Waals surface area contributed by atoms with Crippen LogP contribution in [0.1, 0.15) is 69.4 Å². The van der Waals surface area contributed by atoms with E-state index in [2.05, 4.69) is 4.74 Å². The summed E-state index contributed by atoms with van der Waals surface area (Å²) in [5.41, 5.74) is 0.803. The third kappa shape index (κ3) is 3.79. The number of aliphatic hydroxyl groups excluding tert-OH is 1. The lowest BCUT2D eigenvalue weighted by Crippen LogP contribution is -2.68. The molecule has 29 heavy (non-hydrogen) atoms. The van der Waals surface area contributed by atoms with Crippen LogP contribution in [0, 0.1) is 16.6 Å². The largest absolute Gasteiger partial charge is 0.469 e. The molecule has 2 unspecified atom stereocenters. The van der Waals surface area contributed by atoms with Gasteiger partial charge in [-0.2, -0.15) is 0 Å². The predicted molar refractivity (Wildman–Crippen MR) is 105 cm³/mol. The van der Waals surface area contributed by atoms with E-state index in [-0.39, 0.29) is 29.2 Å². The van der Waals surface area contributed by atoms with E-state index in [0.717, 1.165) is 50.5 Å². The number of amides is 1. The van der Waals surface area contributed by atoms with Crippen molar-refractivity contribution >= 4 is 11.9 Å². The SMILES string of the molecule is COC(=O)CCCCCC12CC(C(=O)N3CC(O)CC3c3cccc(F)c3)(C1)C2. The highest BCUT2D eigenvalue weighted by molar-refractivity contribution is 5.87. The monoisotopic (exact) mass is 403 g/mol. The first-order valence-corrected chi connectivity index (χ1v) is 10.7.